The molecule has 108 valence electrons. The topological polar surface area (TPSA) is 92.1 Å². The molecule has 0 spiro atoms. The number of nitrogens with zero attached hydrogens (tertiary/aromatic N) is 2. The van der Waals surface area contributed by atoms with Gasteiger partial charge in [-0.15, -0.1) is 0 Å². The number of aromatic amines is 1. The molecule has 0 atom stereocenters. The Labute approximate surface area is 114 Å². The molecule has 1 saturated heterocycles. The second-order valence-electron chi connectivity index (χ2n) is 5.19. The summed E-state index contributed by atoms with van der Waals surface area (Å²) in [6.07, 6.45) is 2.77. The van der Waals surface area contributed by atoms with Crippen LogP contribution < -0.4 is 5.73 Å². The molecule has 0 saturated carbocycles. The predicted molar refractivity (Wildman–Crippen MR) is 73.2 cm³/mol. The van der Waals surface area contributed by atoms with Crippen LogP contribution in [0.4, 0.5) is 0 Å². The average Bonchev–Trinajstić information content (AvgIpc) is 2.70. The van der Waals surface area contributed by atoms with Crippen molar-refractivity contribution >= 4 is 10.0 Å². The summed E-state index contributed by atoms with van der Waals surface area (Å²) in [6.45, 7) is 5.30. The van der Waals surface area contributed by atoms with E-state index in [1.54, 1.807) is 18.2 Å². The molecule has 0 bridgehead atoms. The summed E-state index contributed by atoms with van der Waals surface area (Å²) < 4.78 is 26.8. The number of rotatable bonds is 4. The molecule has 3 N–H and O–H groups in total. The molecule has 1 aromatic rings. The van der Waals surface area contributed by atoms with Gasteiger partial charge in [-0.1, -0.05) is 0 Å². The average molecular weight is 286 g/mol. The normalized spacial score (nSPS) is 18.9. The van der Waals surface area contributed by atoms with Gasteiger partial charge in [-0.3, -0.25) is 5.10 Å². The molecule has 19 heavy (non-hydrogen) atoms. The minimum atomic E-state index is -3.41. The maximum absolute atomic E-state index is 12.6. The molecule has 0 amide bonds. The van der Waals surface area contributed by atoms with Gasteiger partial charge in [0.05, 0.1) is 11.4 Å². The fraction of sp³-hybridized carbons (Fsp3) is 0.750. The van der Waals surface area contributed by atoms with E-state index in [1.165, 1.54) is 0 Å². The van der Waals surface area contributed by atoms with Gasteiger partial charge >= 0.3 is 0 Å². The van der Waals surface area contributed by atoms with Crippen LogP contribution in [-0.4, -0.2) is 42.6 Å². The standard InChI is InChI=1S/C12H22N4O2S/c1-9-12(10(2)15-14-9)19(17,18)16-7-4-11(3-6-13)5-8-16/h11H,3-8,13H2,1-2H3,(H,14,15). The van der Waals surface area contributed by atoms with Gasteiger partial charge < -0.3 is 5.73 Å². The van der Waals surface area contributed by atoms with Gasteiger partial charge in [0.2, 0.25) is 10.0 Å². The number of hydrogen-bond donors (Lipinski definition) is 2. The number of H-pyrrole nitrogens is 1. The SMILES string of the molecule is Cc1n[nH]c(C)c1S(=O)(=O)N1CCC(CCN)CC1. The Morgan fingerprint density at radius 3 is 2.47 bits per heavy atom. The van der Waals surface area contributed by atoms with Crippen LogP contribution in [0.2, 0.25) is 0 Å². The van der Waals surface area contributed by atoms with Gasteiger partial charge in [-0.25, -0.2) is 8.42 Å². The third-order valence-corrected chi connectivity index (χ3v) is 5.97. The third kappa shape index (κ3) is 2.82. The van der Waals surface area contributed by atoms with Crippen LogP contribution in [0.5, 0.6) is 0 Å². The van der Waals surface area contributed by atoms with Crippen LogP contribution in [0, 0.1) is 19.8 Å². The number of hydrogen-bond acceptors (Lipinski definition) is 4. The lowest BCUT2D eigenvalue weighted by molar-refractivity contribution is 0.265. The van der Waals surface area contributed by atoms with Crippen molar-refractivity contribution in [3.63, 3.8) is 0 Å². The highest BCUT2D eigenvalue weighted by Gasteiger charge is 2.32. The van der Waals surface area contributed by atoms with Crippen LogP contribution in [0.1, 0.15) is 30.7 Å². The second-order valence-corrected chi connectivity index (χ2v) is 7.06. The molecular weight excluding hydrogens is 264 g/mol. The van der Waals surface area contributed by atoms with E-state index in [0.717, 1.165) is 19.3 Å². The molecule has 0 unspecified atom stereocenters. The highest BCUT2D eigenvalue weighted by atomic mass is 32.2. The van der Waals surface area contributed by atoms with Crippen molar-refractivity contribution in [2.45, 2.75) is 38.0 Å². The van der Waals surface area contributed by atoms with Crippen molar-refractivity contribution in [3.8, 4) is 0 Å². The third-order valence-electron chi connectivity index (χ3n) is 3.81. The largest absolute Gasteiger partial charge is 0.330 e. The Morgan fingerprint density at radius 1 is 1.37 bits per heavy atom. The Balaban J connectivity index is 2.15. The molecule has 1 fully saturated rings. The number of sulfonamides is 1. The van der Waals surface area contributed by atoms with E-state index < -0.39 is 10.0 Å². The molecule has 1 aliphatic heterocycles. The van der Waals surface area contributed by atoms with Crippen molar-refractivity contribution in [1.29, 1.82) is 0 Å². The first-order chi connectivity index (χ1) is 8.96. The minimum Gasteiger partial charge on any atom is -0.330 e. The number of aromatic nitrogens is 2. The van der Waals surface area contributed by atoms with Crippen LogP contribution in [0.3, 0.4) is 0 Å². The zero-order chi connectivity index (χ0) is 14.0. The van der Waals surface area contributed by atoms with Crippen molar-refractivity contribution in [2.24, 2.45) is 11.7 Å². The summed E-state index contributed by atoms with van der Waals surface area (Å²) in [5.74, 6) is 0.558. The van der Waals surface area contributed by atoms with Gasteiger partial charge in [0.25, 0.3) is 0 Å². The maximum Gasteiger partial charge on any atom is 0.246 e. The first-order valence-electron chi connectivity index (χ1n) is 6.68. The molecule has 1 aromatic heterocycles. The van der Waals surface area contributed by atoms with Crippen molar-refractivity contribution in [1.82, 2.24) is 14.5 Å². The van der Waals surface area contributed by atoms with Gasteiger partial charge in [-0.05, 0) is 45.6 Å². The highest BCUT2D eigenvalue weighted by Crippen LogP contribution is 2.27. The predicted octanol–water partition coefficient (Wildman–Crippen LogP) is 0.776. The molecule has 6 nitrogen and oxygen atoms in total. The first-order valence-corrected chi connectivity index (χ1v) is 8.12. The lowest BCUT2D eigenvalue weighted by atomic mass is 9.95. The van der Waals surface area contributed by atoms with Crippen LogP contribution in [0.15, 0.2) is 4.90 Å². The monoisotopic (exact) mass is 286 g/mol. The zero-order valence-electron chi connectivity index (χ0n) is 11.5. The molecule has 0 aromatic carbocycles. The maximum atomic E-state index is 12.6. The van der Waals surface area contributed by atoms with E-state index in [-0.39, 0.29) is 0 Å². The molecular formula is C12H22N4O2S. The fourth-order valence-electron chi connectivity index (χ4n) is 2.72. The summed E-state index contributed by atoms with van der Waals surface area (Å²) in [6, 6.07) is 0. The van der Waals surface area contributed by atoms with E-state index in [0.29, 0.717) is 41.8 Å². The Morgan fingerprint density at radius 2 is 2.00 bits per heavy atom. The van der Waals surface area contributed by atoms with E-state index in [1.807, 2.05) is 0 Å². The lowest BCUT2D eigenvalue weighted by Gasteiger charge is -2.31. The van der Waals surface area contributed by atoms with Gasteiger partial charge in [0, 0.05) is 13.1 Å². The first kappa shape index (κ1) is 14.5. The smallest absolute Gasteiger partial charge is 0.246 e. The molecule has 0 aliphatic carbocycles. The quantitative estimate of drug-likeness (QED) is 0.855. The minimum absolute atomic E-state index is 0.338. The van der Waals surface area contributed by atoms with Crippen LogP contribution in [0.25, 0.3) is 0 Å². The highest BCUT2D eigenvalue weighted by molar-refractivity contribution is 7.89. The van der Waals surface area contributed by atoms with E-state index >= 15 is 0 Å². The molecule has 2 rings (SSSR count). The zero-order valence-corrected chi connectivity index (χ0v) is 12.3. The summed E-state index contributed by atoms with van der Waals surface area (Å²) in [4.78, 5) is 0.338. The second kappa shape index (κ2) is 5.60. The molecule has 0 radical (unpaired) electrons. The molecule has 1 aliphatic rings. The number of piperidine rings is 1. The summed E-state index contributed by atoms with van der Waals surface area (Å²) in [5.41, 5.74) is 6.71. The van der Waals surface area contributed by atoms with Crippen molar-refractivity contribution in [3.05, 3.63) is 11.4 Å². The Kier molecular flexibility index (Phi) is 4.27. The van der Waals surface area contributed by atoms with Gasteiger partial charge in [-0.2, -0.15) is 9.40 Å². The van der Waals surface area contributed by atoms with Crippen molar-refractivity contribution in [2.75, 3.05) is 19.6 Å². The van der Waals surface area contributed by atoms with E-state index in [2.05, 4.69) is 10.2 Å². The number of aryl methyl sites for hydroxylation is 2. The summed E-state index contributed by atoms with van der Waals surface area (Å²) >= 11 is 0. The fourth-order valence-corrected chi connectivity index (χ4v) is 4.53. The Hall–Kier alpha value is -0.920. The van der Waals surface area contributed by atoms with Crippen molar-refractivity contribution < 1.29 is 8.42 Å². The van der Waals surface area contributed by atoms with E-state index in [9.17, 15) is 8.42 Å². The van der Waals surface area contributed by atoms with Gasteiger partial charge in [0.15, 0.2) is 0 Å². The molecule has 2 heterocycles. The van der Waals surface area contributed by atoms with Crippen LogP contribution >= 0.6 is 0 Å². The number of nitrogens with two attached hydrogens (primary N) is 1. The van der Waals surface area contributed by atoms with Gasteiger partial charge in [0.1, 0.15) is 4.90 Å². The summed E-state index contributed by atoms with van der Waals surface area (Å²) in [7, 11) is -3.41. The lowest BCUT2D eigenvalue weighted by Crippen LogP contribution is -2.39. The number of nitrogens with one attached hydrogen (secondary N) is 1. The van der Waals surface area contributed by atoms with Crippen LogP contribution in [-0.2, 0) is 10.0 Å². The van der Waals surface area contributed by atoms with E-state index in [4.69, 9.17) is 5.73 Å². The summed E-state index contributed by atoms with van der Waals surface area (Å²) in [5, 5.41) is 6.71. The Bertz CT molecular complexity index is 510. The molecule has 7 heteroatoms.